The molecule has 2 amide bonds. The maximum Gasteiger partial charge on any atom is 0.239 e. The summed E-state index contributed by atoms with van der Waals surface area (Å²) in [5.74, 6) is -0.948. The molecule has 0 bridgehead atoms. The molecule has 7 heteroatoms. The Morgan fingerprint density at radius 3 is 1.83 bits per heavy atom. The van der Waals surface area contributed by atoms with Gasteiger partial charge in [0.1, 0.15) is 5.41 Å². The molecule has 2 rings (SSSR count). The lowest BCUT2D eigenvalue weighted by Gasteiger charge is -2.23. The predicted molar refractivity (Wildman–Crippen MR) is 99.0 cm³/mol. The minimum absolute atomic E-state index is 0.388. The number of amides is 2. The molecule has 0 spiro atoms. The van der Waals surface area contributed by atoms with E-state index < -0.39 is 17.2 Å². The molecule has 4 nitrogen and oxygen atoms in total. The number of halogens is 3. The molecule has 0 saturated heterocycles. The van der Waals surface area contributed by atoms with Gasteiger partial charge in [0.25, 0.3) is 0 Å². The fourth-order valence-electron chi connectivity index (χ4n) is 1.87. The number of rotatable bonds is 4. The highest BCUT2D eigenvalue weighted by Gasteiger charge is 2.36. The predicted octanol–water partition coefficient (Wildman–Crippen LogP) is 5.25. The molecular weight excluding hydrogens is 371 g/mol. The second-order valence-electron chi connectivity index (χ2n) is 5.70. The van der Waals surface area contributed by atoms with Gasteiger partial charge in [0.15, 0.2) is 0 Å². The third-order valence-electron chi connectivity index (χ3n) is 3.34. The molecule has 24 heavy (non-hydrogen) atoms. The molecule has 0 fully saturated rings. The molecule has 0 unspecified atom stereocenters. The van der Waals surface area contributed by atoms with Crippen LogP contribution in [0, 0.1) is 5.41 Å². The third-order valence-corrected chi connectivity index (χ3v) is 4.01. The largest absolute Gasteiger partial charge is 0.325 e. The summed E-state index contributed by atoms with van der Waals surface area (Å²) in [6.45, 7) is 3.04. The van der Waals surface area contributed by atoms with Gasteiger partial charge in [0.05, 0.1) is 0 Å². The van der Waals surface area contributed by atoms with E-state index in [1.54, 1.807) is 42.5 Å². The maximum absolute atomic E-state index is 12.5. The van der Waals surface area contributed by atoms with Crippen molar-refractivity contribution in [2.45, 2.75) is 13.8 Å². The standard InChI is InChI=1S/C17H15Cl3N2O2/c1-17(2,15(23)21-13-5-3-4-10(18)7-13)16(24)22-14-8-11(19)6-12(20)9-14/h3-9H,1-2H3,(H,21,23)(H,22,24). The monoisotopic (exact) mass is 384 g/mol. The van der Waals surface area contributed by atoms with E-state index in [0.717, 1.165) is 0 Å². The number of anilines is 2. The van der Waals surface area contributed by atoms with Crippen molar-refractivity contribution < 1.29 is 9.59 Å². The lowest BCUT2D eigenvalue weighted by molar-refractivity contribution is -0.135. The van der Waals surface area contributed by atoms with Crippen molar-refractivity contribution >= 4 is 58.0 Å². The molecule has 2 aromatic carbocycles. The summed E-state index contributed by atoms with van der Waals surface area (Å²) in [7, 11) is 0. The molecule has 2 aromatic rings. The summed E-state index contributed by atoms with van der Waals surface area (Å²) in [6, 6.07) is 11.3. The zero-order valence-electron chi connectivity index (χ0n) is 13.0. The Labute approximate surface area is 155 Å². The molecule has 0 saturated carbocycles. The van der Waals surface area contributed by atoms with Crippen LogP contribution in [0.3, 0.4) is 0 Å². The van der Waals surface area contributed by atoms with Crippen LogP contribution in [0.15, 0.2) is 42.5 Å². The highest BCUT2D eigenvalue weighted by molar-refractivity contribution is 6.35. The van der Waals surface area contributed by atoms with E-state index in [9.17, 15) is 9.59 Å². The average molecular weight is 386 g/mol. The second-order valence-corrected chi connectivity index (χ2v) is 7.01. The summed E-state index contributed by atoms with van der Waals surface area (Å²) in [4.78, 5) is 24.9. The zero-order valence-corrected chi connectivity index (χ0v) is 15.3. The van der Waals surface area contributed by atoms with E-state index in [1.165, 1.54) is 13.8 Å². The van der Waals surface area contributed by atoms with Crippen LogP contribution in [0.1, 0.15) is 13.8 Å². The van der Waals surface area contributed by atoms with E-state index in [-0.39, 0.29) is 0 Å². The van der Waals surface area contributed by atoms with Crippen LogP contribution in [0.25, 0.3) is 0 Å². The Morgan fingerprint density at radius 1 is 0.792 bits per heavy atom. The number of hydrogen-bond acceptors (Lipinski definition) is 2. The lowest BCUT2D eigenvalue weighted by atomic mass is 9.90. The van der Waals surface area contributed by atoms with E-state index in [0.29, 0.717) is 26.4 Å². The quantitative estimate of drug-likeness (QED) is 0.706. The normalized spacial score (nSPS) is 11.0. The van der Waals surface area contributed by atoms with Gasteiger partial charge in [-0.05, 0) is 50.2 Å². The summed E-state index contributed by atoms with van der Waals surface area (Å²) in [5, 5.41) is 6.59. The highest BCUT2D eigenvalue weighted by atomic mass is 35.5. The van der Waals surface area contributed by atoms with Gasteiger partial charge in [0, 0.05) is 26.4 Å². The summed E-state index contributed by atoms with van der Waals surface area (Å²) < 4.78 is 0. The summed E-state index contributed by atoms with van der Waals surface area (Å²) >= 11 is 17.7. The van der Waals surface area contributed by atoms with Crippen LogP contribution in [0.5, 0.6) is 0 Å². The molecule has 0 heterocycles. The second kappa shape index (κ2) is 7.43. The topological polar surface area (TPSA) is 58.2 Å². The third kappa shape index (κ3) is 4.63. The number of nitrogens with one attached hydrogen (secondary N) is 2. The zero-order chi connectivity index (χ0) is 17.9. The first-order chi connectivity index (χ1) is 11.2. The number of hydrogen-bond donors (Lipinski definition) is 2. The van der Waals surface area contributed by atoms with Gasteiger partial charge in [-0.3, -0.25) is 9.59 Å². The minimum Gasteiger partial charge on any atom is -0.325 e. The molecule has 0 aliphatic heterocycles. The van der Waals surface area contributed by atoms with Gasteiger partial charge in [-0.1, -0.05) is 40.9 Å². The lowest BCUT2D eigenvalue weighted by Crippen LogP contribution is -2.41. The molecular formula is C17H15Cl3N2O2. The van der Waals surface area contributed by atoms with E-state index >= 15 is 0 Å². The maximum atomic E-state index is 12.5. The van der Waals surface area contributed by atoms with Crippen LogP contribution < -0.4 is 10.6 Å². The van der Waals surface area contributed by atoms with Gasteiger partial charge in [-0.15, -0.1) is 0 Å². The Hall–Kier alpha value is -1.75. The van der Waals surface area contributed by atoms with Crippen molar-refractivity contribution in [3.05, 3.63) is 57.5 Å². The summed E-state index contributed by atoms with van der Waals surface area (Å²) in [6.07, 6.45) is 0. The minimum atomic E-state index is -1.32. The van der Waals surface area contributed by atoms with Crippen molar-refractivity contribution in [3.63, 3.8) is 0 Å². The van der Waals surface area contributed by atoms with Crippen molar-refractivity contribution in [1.29, 1.82) is 0 Å². The SMILES string of the molecule is CC(C)(C(=O)Nc1cccc(Cl)c1)C(=O)Nc1cc(Cl)cc(Cl)c1. The van der Waals surface area contributed by atoms with Crippen LogP contribution in [-0.2, 0) is 9.59 Å². The van der Waals surface area contributed by atoms with Gasteiger partial charge in [-0.25, -0.2) is 0 Å². The van der Waals surface area contributed by atoms with E-state index in [4.69, 9.17) is 34.8 Å². The summed E-state index contributed by atoms with van der Waals surface area (Å²) in [5.41, 5.74) is -0.391. The smallest absolute Gasteiger partial charge is 0.239 e. The van der Waals surface area contributed by atoms with E-state index in [2.05, 4.69) is 10.6 Å². The Bertz CT molecular complexity index is 771. The molecule has 0 aliphatic rings. The Morgan fingerprint density at radius 2 is 1.29 bits per heavy atom. The Balaban J connectivity index is 2.12. The molecule has 0 atom stereocenters. The van der Waals surface area contributed by atoms with Gasteiger partial charge < -0.3 is 10.6 Å². The van der Waals surface area contributed by atoms with Crippen molar-refractivity contribution in [1.82, 2.24) is 0 Å². The van der Waals surface area contributed by atoms with Crippen LogP contribution in [0.4, 0.5) is 11.4 Å². The first-order valence-corrected chi connectivity index (χ1v) is 8.16. The molecule has 126 valence electrons. The van der Waals surface area contributed by atoms with Gasteiger partial charge in [-0.2, -0.15) is 0 Å². The van der Waals surface area contributed by atoms with Gasteiger partial charge >= 0.3 is 0 Å². The molecule has 2 N–H and O–H groups in total. The number of carbonyl (C=O) groups excluding carboxylic acids is 2. The number of carbonyl (C=O) groups is 2. The first kappa shape index (κ1) is 18.6. The molecule has 0 aliphatic carbocycles. The van der Waals surface area contributed by atoms with E-state index in [1.807, 2.05) is 0 Å². The van der Waals surface area contributed by atoms with Crippen molar-refractivity contribution in [2.75, 3.05) is 10.6 Å². The Kier molecular flexibility index (Phi) is 5.75. The van der Waals surface area contributed by atoms with Crippen molar-refractivity contribution in [2.24, 2.45) is 5.41 Å². The van der Waals surface area contributed by atoms with Crippen LogP contribution >= 0.6 is 34.8 Å². The fraction of sp³-hybridized carbons (Fsp3) is 0.176. The highest BCUT2D eigenvalue weighted by Crippen LogP contribution is 2.26. The molecule has 0 radical (unpaired) electrons. The van der Waals surface area contributed by atoms with Crippen LogP contribution in [0.2, 0.25) is 15.1 Å². The van der Waals surface area contributed by atoms with Crippen LogP contribution in [-0.4, -0.2) is 11.8 Å². The average Bonchev–Trinajstić information content (AvgIpc) is 2.45. The first-order valence-electron chi connectivity index (χ1n) is 7.03. The number of benzene rings is 2. The molecule has 0 aromatic heterocycles. The fourth-order valence-corrected chi connectivity index (χ4v) is 2.59. The van der Waals surface area contributed by atoms with Gasteiger partial charge in [0.2, 0.25) is 11.8 Å². The van der Waals surface area contributed by atoms with Crippen molar-refractivity contribution in [3.8, 4) is 0 Å².